The number of nitrogens with zero attached hydrogens (tertiary/aromatic N) is 2. The first kappa shape index (κ1) is 25.9. The van der Waals surface area contributed by atoms with E-state index in [9.17, 15) is 14.4 Å². The molecule has 7 nitrogen and oxygen atoms in total. The average molecular weight is 556 g/mol. The molecular formula is C35H29N3O4. The molecule has 2 atom stereocenters. The molecule has 7 heteroatoms. The molecule has 1 fully saturated rings. The number of benzene rings is 4. The Balaban J connectivity index is 1.32. The maximum absolute atomic E-state index is 14.4. The van der Waals surface area contributed by atoms with Gasteiger partial charge >= 0.3 is 0 Å². The molecule has 3 aliphatic carbocycles. The lowest BCUT2D eigenvalue weighted by Crippen LogP contribution is -2.54. The number of hydrazone groups is 1. The van der Waals surface area contributed by atoms with Gasteiger partial charge in [0.15, 0.2) is 0 Å². The number of hydrogen-bond acceptors (Lipinski definition) is 5. The van der Waals surface area contributed by atoms with E-state index in [1.807, 2.05) is 104 Å². The molecule has 1 aliphatic heterocycles. The monoisotopic (exact) mass is 555 g/mol. The van der Waals surface area contributed by atoms with E-state index in [0.29, 0.717) is 11.4 Å². The first-order valence-corrected chi connectivity index (χ1v) is 14.0. The zero-order valence-electron chi connectivity index (χ0n) is 23.3. The van der Waals surface area contributed by atoms with Crippen LogP contribution in [-0.2, 0) is 26.2 Å². The summed E-state index contributed by atoms with van der Waals surface area (Å²) in [6.07, 6.45) is 1.82. The highest BCUT2D eigenvalue weighted by Crippen LogP contribution is 2.63. The number of amides is 3. The highest BCUT2D eigenvalue weighted by molar-refractivity contribution is 6.25. The second-order valence-corrected chi connectivity index (χ2v) is 11.2. The Morgan fingerprint density at radius 2 is 1.50 bits per heavy atom. The largest absolute Gasteiger partial charge is 0.497 e. The molecule has 0 spiro atoms. The van der Waals surface area contributed by atoms with Gasteiger partial charge in [-0.3, -0.25) is 14.4 Å². The number of aryl methyl sites for hydroxylation is 1. The van der Waals surface area contributed by atoms with Gasteiger partial charge in [0, 0.05) is 12.1 Å². The van der Waals surface area contributed by atoms with Crippen LogP contribution in [0, 0.1) is 18.8 Å². The van der Waals surface area contributed by atoms with E-state index in [4.69, 9.17) is 4.74 Å². The zero-order valence-corrected chi connectivity index (χ0v) is 23.3. The minimum absolute atomic E-state index is 0.133. The van der Waals surface area contributed by atoms with Crippen LogP contribution in [0.2, 0.25) is 0 Å². The van der Waals surface area contributed by atoms with Crippen molar-refractivity contribution in [2.45, 2.75) is 24.7 Å². The first-order chi connectivity index (χ1) is 20.4. The van der Waals surface area contributed by atoms with Crippen LogP contribution in [0.1, 0.15) is 39.3 Å². The standard InChI is InChI=1S/C35H29N3O4/c1-21-11-15-23(16-12-21)38-33(40)31-30-25-7-3-5-9-27(25)35(32(31)34(38)41,28-10-6-4-8-26(28)30)20-36-37-29(39)19-22-13-17-24(42-2)18-14-22/h3-18,20,30-32H,19H2,1-2H3,(H,37,39)/b36-20+. The van der Waals surface area contributed by atoms with Gasteiger partial charge in [0.05, 0.1) is 36.5 Å². The molecule has 0 saturated carbocycles. The highest BCUT2D eigenvalue weighted by atomic mass is 16.5. The van der Waals surface area contributed by atoms with E-state index >= 15 is 0 Å². The number of hydrogen-bond donors (Lipinski definition) is 1. The van der Waals surface area contributed by atoms with Crippen molar-refractivity contribution in [3.05, 3.63) is 130 Å². The molecule has 4 aromatic rings. The van der Waals surface area contributed by atoms with Gasteiger partial charge in [-0.25, -0.2) is 10.3 Å². The van der Waals surface area contributed by atoms with Gasteiger partial charge in [-0.15, -0.1) is 0 Å². The Labute approximate surface area is 243 Å². The maximum atomic E-state index is 14.4. The minimum Gasteiger partial charge on any atom is -0.497 e. The van der Waals surface area contributed by atoms with Gasteiger partial charge in [0.1, 0.15) is 5.75 Å². The van der Waals surface area contributed by atoms with E-state index in [1.54, 1.807) is 13.3 Å². The molecule has 2 unspecified atom stereocenters. The predicted octanol–water partition coefficient (Wildman–Crippen LogP) is 4.90. The SMILES string of the molecule is COc1ccc(CC(=O)N/N=C/C23c4ccccc4C(c4ccccc42)C2C(=O)N(c4ccc(C)cc4)C(=O)C23)cc1. The van der Waals surface area contributed by atoms with E-state index < -0.39 is 17.3 Å². The third kappa shape index (κ3) is 3.73. The number of imide groups is 1. The van der Waals surface area contributed by atoms with Crippen molar-refractivity contribution < 1.29 is 19.1 Å². The molecular weight excluding hydrogens is 526 g/mol. The summed E-state index contributed by atoms with van der Waals surface area (Å²) in [5.74, 6) is -1.58. The van der Waals surface area contributed by atoms with Crippen LogP contribution in [0.4, 0.5) is 5.69 Å². The molecule has 4 aromatic carbocycles. The van der Waals surface area contributed by atoms with Crippen LogP contribution >= 0.6 is 0 Å². The van der Waals surface area contributed by atoms with Crippen LogP contribution < -0.4 is 15.1 Å². The number of carbonyl (C=O) groups is 3. The van der Waals surface area contributed by atoms with Crippen LogP contribution in [0.25, 0.3) is 0 Å². The lowest BCUT2D eigenvalue weighted by atomic mass is 9.47. The third-order valence-electron chi connectivity index (χ3n) is 8.96. The summed E-state index contributed by atoms with van der Waals surface area (Å²) in [6, 6.07) is 30.7. The lowest BCUT2D eigenvalue weighted by molar-refractivity contribution is -0.123. The first-order valence-electron chi connectivity index (χ1n) is 14.0. The summed E-state index contributed by atoms with van der Waals surface area (Å²) >= 11 is 0. The fraction of sp³-hybridized carbons (Fsp3) is 0.200. The van der Waals surface area contributed by atoms with Crippen molar-refractivity contribution in [1.29, 1.82) is 0 Å². The second kappa shape index (κ2) is 9.80. The van der Waals surface area contributed by atoms with Crippen LogP contribution in [-0.4, -0.2) is 31.0 Å². The van der Waals surface area contributed by atoms with Crippen LogP contribution in [0.3, 0.4) is 0 Å². The van der Waals surface area contributed by atoms with Gasteiger partial charge in [-0.1, -0.05) is 78.4 Å². The summed E-state index contributed by atoms with van der Waals surface area (Å²) in [6.45, 7) is 1.97. The van der Waals surface area contributed by atoms with Crippen LogP contribution in [0.15, 0.2) is 102 Å². The van der Waals surface area contributed by atoms with Crippen molar-refractivity contribution >= 4 is 29.6 Å². The van der Waals surface area contributed by atoms with Gasteiger partial charge in [0.2, 0.25) is 17.7 Å². The van der Waals surface area contributed by atoms with E-state index in [-0.39, 0.29) is 30.1 Å². The van der Waals surface area contributed by atoms with Crippen LogP contribution in [0.5, 0.6) is 5.75 Å². The van der Waals surface area contributed by atoms with E-state index in [0.717, 1.165) is 33.4 Å². The number of carbonyl (C=O) groups excluding carboxylic acids is 3. The molecule has 2 bridgehead atoms. The predicted molar refractivity (Wildman–Crippen MR) is 159 cm³/mol. The molecule has 8 rings (SSSR count). The molecule has 0 aromatic heterocycles. The molecule has 4 aliphatic rings. The Morgan fingerprint density at radius 1 is 0.881 bits per heavy atom. The summed E-state index contributed by atoms with van der Waals surface area (Å²) in [5, 5.41) is 4.49. The van der Waals surface area contributed by atoms with Crippen molar-refractivity contribution in [3.8, 4) is 5.75 Å². The van der Waals surface area contributed by atoms with Crippen molar-refractivity contribution in [2.75, 3.05) is 12.0 Å². The fourth-order valence-corrected chi connectivity index (χ4v) is 7.17. The highest BCUT2D eigenvalue weighted by Gasteiger charge is 2.68. The average Bonchev–Trinajstić information content (AvgIpc) is 3.28. The lowest BCUT2D eigenvalue weighted by Gasteiger charge is -2.52. The fourth-order valence-electron chi connectivity index (χ4n) is 7.17. The molecule has 42 heavy (non-hydrogen) atoms. The van der Waals surface area contributed by atoms with E-state index in [1.165, 1.54) is 4.90 Å². The third-order valence-corrected chi connectivity index (χ3v) is 8.96. The second-order valence-electron chi connectivity index (χ2n) is 11.2. The number of methoxy groups -OCH3 is 1. The maximum Gasteiger partial charge on any atom is 0.244 e. The molecule has 3 amide bonds. The van der Waals surface area contributed by atoms with Gasteiger partial charge < -0.3 is 4.74 Å². The zero-order chi connectivity index (χ0) is 29.0. The number of nitrogens with one attached hydrogen (secondary N) is 1. The topological polar surface area (TPSA) is 88.1 Å². The number of anilines is 1. The van der Waals surface area contributed by atoms with Gasteiger partial charge in [0.25, 0.3) is 0 Å². The Morgan fingerprint density at radius 3 is 2.12 bits per heavy atom. The van der Waals surface area contributed by atoms with Crippen molar-refractivity contribution in [3.63, 3.8) is 0 Å². The summed E-state index contributed by atoms with van der Waals surface area (Å²) < 4.78 is 5.20. The van der Waals surface area contributed by atoms with Gasteiger partial charge in [-0.05, 0) is 59.0 Å². The Bertz CT molecular complexity index is 1710. The molecule has 1 saturated heterocycles. The summed E-state index contributed by atoms with van der Waals surface area (Å²) in [7, 11) is 1.60. The number of rotatable bonds is 6. The molecule has 0 radical (unpaired) electrons. The Kier molecular flexibility index (Phi) is 6.04. The molecule has 208 valence electrons. The summed E-state index contributed by atoms with van der Waals surface area (Å²) in [5.41, 5.74) is 7.99. The summed E-state index contributed by atoms with van der Waals surface area (Å²) in [4.78, 5) is 42.9. The normalized spacial score (nSPS) is 23.5. The quantitative estimate of drug-likeness (QED) is 0.208. The Hall–Kier alpha value is -5.04. The molecule has 1 N–H and O–H groups in total. The number of ether oxygens (including phenoxy) is 1. The molecule has 1 heterocycles. The minimum atomic E-state index is -1.04. The smallest absolute Gasteiger partial charge is 0.244 e. The van der Waals surface area contributed by atoms with Gasteiger partial charge in [-0.2, -0.15) is 5.10 Å². The van der Waals surface area contributed by atoms with E-state index in [2.05, 4.69) is 10.5 Å². The van der Waals surface area contributed by atoms with Crippen molar-refractivity contribution in [1.82, 2.24) is 5.43 Å². The van der Waals surface area contributed by atoms with Crippen molar-refractivity contribution in [2.24, 2.45) is 16.9 Å².